The van der Waals surface area contributed by atoms with Crippen LogP contribution in [0.5, 0.6) is 0 Å². The van der Waals surface area contributed by atoms with E-state index in [-0.39, 0.29) is 19.0 Å². The van der Waals surface area contributed by atoms with Gasteiger partial charge in [-0.3, -0.25) is 9.46 Å². The molecule has 9 nitrogen and oxygen atoms in total. The summed E-state index contributed by atoms with van der Waals surface area (Å²) in [7, 11) is -1.08. The van der Waals surface area contributed by atoms with Crippen molar-refractivity contribution in [2.24, 2.45) is 0 Å². The first-order valence-corrected chi connectivity index (χ1v) is 13.8. The van der Waals surface area contributed by atoms with Crippen LogP contribution >= 0.6 is 7.60 Å². The first-order valence-electron chi connectivity index (χ1n) is 12.1. The first-order chi connectivity index (χ1) is 18.2. The summed E-state index contributed by atoms with van der Waals surface area (Å²) in [6.07, 6.45) is 1.47. The largest absolute Gasteiger partial charge is 0.348 e. The average Bonchev–Trinajstić information content (AvgIpc) is 2.91. The number of anilines is 2. The predicted molar refractivity (Wildman–Crippen MR) is 149 cm³/mol. The van der Waals surface area contributed by atoms with Crippen LogP contribution in [0.1, 0.15) is 12.0 Å². The van der Waals surface area contributed by atoms with Gasteiger partial charge >= 0.3 is 19.7 Å². The molecular formula is C28H33N4O5P. The fraction of sp³-hybridized carbons (Fsp3) is 0.214. The summed E-state index contributed by atoms with van der Waals surface area (Å²) in [6, 6.07) is 26.6. The lowest BCUT2D eigenvalue weighted by Crippen LogP contribution is -2.50. The number of benzene rings is 3. The number of rotatable bonds is 10. The minimum absolute atomic E-state index is 0.0575. The Hall–Kier alpha value is -3.91. The van der Waals surface area contributed by atoms with Crippen LogP contribution in [-0.4, -0.2) is 58.3 Å². The molecule has 10 heteroatoms. The third kappa shape index (κ3) is 8.59. The topological polar surface area (TPSA) is 113 Å². The van der Waals surface area contributed by atoms with Gasteiger partial charge in [0.25, 0.3) is 0 Å². The summed E-state index contributed by atoms with van der Waals surface area (Å²) in [5, 5.41) is 2.90. The SMILES string of the molecule is CN(Cc1ccccc1)C(=O)N(C)[C@@H](C/C=C/P(=O)(O)O)CNC(=O)N(c1ccccc1)c1ccccc1. The van der Waals surface area contributed by atoms with Gasteiger partial charge in [0.05, 0.1) is 17.4 Å². The maximum atomic E-state index is 13.4. The maximum absolute atomic E-state index is 13.4. The van der Waals surface area contributed by atoms with Gasteiger partial charge in [0, 0.05) is 33.0 Å². The summed E-state index contributed by atoms with van der Waals surface area (Å²) in [6.45, 7) is 0.444. The molecule has 0 unspecified atom stereocenters. The number of para-hydroxylation sites is 2. The fourth-order valence-corrected chi connectivity index (χ4v) is 4.30. The molecule has 0 aliphatic carbocycles. The Morgan fingerprint density at radius 3 is 1.87 bits per heavy atom. The summed E-state index contributed by atoms with van der Waals surface area (Å²) < 4.78 is 11.3. The minimum Gasteiger partial charge on any atom is -0.335 e. The standard InChI is InChI=1S/C28H33N4O5P/c1-30(22-23-13-6-3-7-14-23)28(34)31(2)26(19-12-20-38(35,36)37)21-29-27(33)32(24-15-8-4-9-16-24)25-17-10-5-11-18-25/h3-18,20,26H,19,21-22H2,1-2H3,(H,29,33)(H2,35,36,37)/b20-12+/t26-/m0/s1. The molecule has 0 bridgehead atoms. The Morgan fingerprint density at radius 2 is 1.37 bits per heavy atom. The van der Waals surface area contributed by atoms with E-state index >= 15 is 0 Å². The number of hydrogen-bond acceptors (Lipinski definition) is 3. The van der Waals surface area contributed by atoms with Gasteiger partial charge in [-0.2, -0.15) is 0 Å². The molecule has 0 aliphatic heterocycles. The van der Waals surface area contributed by atoms with Crippen LogP contribution < -0.4 is 10.2 Å². The van der Waals surface area contributed by atoms with Gasteiger partial charge in [0.2, 0.25) is 0 Å². The van der Waals surface area contributed by atoms with Crippen LogP contribution in [0, 0.1) is 0 Å². The van der Waals surface area contributed by atoms with Crippen molar-refractivity contribution in [3.05, 3.63) is 108 Å². The quantitative estimate of drug-likeness (QED) is 0.310. The van der Waals surface area contributed by atoms with Gasteiger partial charge in [-0.05, 0) is 36.2 Å². The van der Waals surface area contributed by atoms with Crippen molar-refractivity contribution < 1.29 is 23.9 Å². The molecule has 0 saturated heterocycles. The molecule has 3 rings (SSSR count). The second kappa shape index (κ2) is 13.6. The lowest BCUT2D eigenvalue weighted by atomic mass is 10.1. The smallest absolute Gasteiger partial charge is 0.335 e. The molecule has 0 radical (unpaired) electrons. The zero-order chi connectivity index (χ0) is 27.5. The number of likely N-dealkylation sites (N-methyl/N-ethyl adjacent to an activating group) is 1. The van der Waals surface area contributed by atoms with Gasteiger partial charge in [-0.25, -0.2) is 9.59 Å². The van der Waals surface area contributed by atoms with Crippen molar-refractivity contribution in [3.8, 4) is 0 Å². The van der Waals surface area contributed by atoms with E-state index in [0.29, 0.717) is 17.9 Å². The van der Waals surface area contributed by atoms with Crippen molar-refractivity contribution in [1.82, 2.24) is 15.1 Å². The van der Waals surface area contributed by atoms with Gasteiger partial charge in [-0.1, -0.05) is 72.8 Å². The molecule has 0 aromatic heterocycles. The number of nitrogens with zero attached hydrogens (tertiary/aromatic N) is 3. The molecule has 0 fully saturated rings. The van der Waals surface area contributed by atoms with Crippen LogP contribution in [-0.2, 0) is 11.1 Å². The Balaban J connectivity index is 1.77. The van der Waals surface area contributed by atoms with Crippen molar-refractivity contribution in [1.29, 1.82) is 0 Å². The monoisotopic (exact) mass is 536 g/mol. The van der Waals surface area contributed by atoms with E-state index in [1.165, 1.54) is 15.9 Å². The van der Waals surface area contributed by atoms with Crippen molar-refractivity contribution >= 4 is 31.0 Å². The highest BCUT2D eigenvalue weighted by atomic mass is 31.2. The minimum atomic E-state index is -4.36. The lowest BCUT2D eigenvalue weighted by molar-refractivity contribution is 0.153. The molecule has 0 saturated carbocycles. The molecule has 0 spiro atoms. The van der Waals surface area contributed by atoms with E-state index < -0.39 is 19.7 Å². The fourth-order valence-electron chi connectivity index (χ4n) is 3.91. The summed E-state index contributed by atoms with van der Waals surface area (Å²) in [4.78, 5) is 49.7. The molecule has 38 heavy (non-hydrogen) atoms. The van der Waals surface area contributed by atoms with Crippen molar-refractivity contribution in [3.63, 3.8) is 0 Å². The number of amides is 4. The van der Waals surface area contributed by atoms with E-state index in [9.17, 15) is 23.9 Å². The number of carbonyl (C=O) groups excluding carboxylic acids is 2. The summed E-state index contributed by atoms with van der Waals surface area (Å²) >= 11 is 0. The van der Waals surface area contributed by atoms with Crippen LogP contribution in [0.4, 0.5) is 21.0 Å². The van der Waals surface area contributed by atoms with Crippen molar-refractivity contribution in [2.45, 2.75) is 19.0 Å². The van der Waals surface area contributed by atoms with E-state index in [1.807, 2.05) is 91.0 Å². The van der Waals surface area contributed by atoms with Gasteiger partial charge < -0.3 is 24.9 Å². The third-order valence-electron chi connectivity index (χ3n) is 5.87. The number of hydrogen-bond donors (Lipinski definition) is 3. The zero-order valence-electron chi connectivity index (χ0n) is 21.4. The van der Waals surface area contributed by atoms with Crippen LogP contribution in [0.3, 0.4) is 0 Å². The zero-order valence-corrected chi connectivity index (χ0v) is 22.3. The Kier molecular flexibility index (Phi) is 10.2. The van der Waals surface area contributed by atoms with Crippen LogP contribution in [0.15, 0.2) is 103 Å². The van der Waals surface area contributed by atoms with Gasteiger partial charge in [0.1, 0.15) is 0 Å². The molecular weight excluding hydrogens is 503 g/mol. The lowest BCUT2D eigenvalue weighted by Gasteiger charge is -2.32. The first kappa shape index (κ1) is 28.7. The van der Waals surface area contributed by atoms with E-state index in [1.54, 1.807) is 19.0 Å². The van der Waals surface area contributed by atoms with Crippen molar-refractivity contribution in [2.75, 3.05) is 25.5 Å². The second-order valence-corrected chi connectivity index (χ2v) is 10.3. The highest BCUT2D eigenvalue weighted by Crippen LogP contribution is 2.36. The van der Waals surface area contributed by atoms with Crippen LogP contribution in [0.2, 0.25) is 0 Å². The van der Waals surface area contributed by atoms with E-state index in [0.717, 1.165) is 11.4 Å². The van der Waals surface area contributed by atoms with Crippen LogP contribution in [0.25, 0.3) is 0 Å². The molecule has 1 atom stereocenters. The molecule has 4 amide bonds. The molecule has 200 valence electrons. The number of urea groups is 2. The molecule has 0 aliphatic rings. The Morgan fingerprint density at radius 1 is 0.868 bits per heavy atom. The molecule has 0 heterocycles. The second-order valence-electron chi connectivity index (χ2n) is 8.79. The molecule has 3 N–H and O–H groups in total. The Bertz CT molecular complexity index is 1210. The summed E-state index contributed by atoms with van der Waals surface area (Å²) in [5.41, 5.74) is 2.30. The van der Waals surface area contributed by atoms with Gasteiger partial charge in [0.15, 0.2) is 0 Å². The number of nitrogens with one attached hydrogen (secondary N) is 1. The van der Waals surface area contributed by atoms with E-state index in [2.05, 4.69) is 5.32 Å². The predicted octanol–water partition coefficient (Wildman–Crippen LogP) is 5.17. The number of carbonyl (C=O) groups is 2. The maximum Gasteiger partial charge on any atom is 0.348 e. The summed E-state index contributed by atoms with van der Waals surface area (Å²) in [5.74, 6) is 0.814. The highest BCUT2D eigenvalue weighted by Gasteiger charge is 2.25. The third-order valence-corrected chi connectivity index (χ3v) is 6.47. The molecule has 3 aromatic carbocycles. The average molecular weight is 537 g/mol. The molecule has 3 aromatic rings. The Labute approximate surface area is 223 Å². The normalized spacial score (nSPS) is 12.1. The van der Waals surface area contributed by atoms with E-state index in [4.69, 9.17) is 0 Å². The highest BCUT2D eigenvalue weighted by molar-refractivity contribution is 7.55. The van der Waals surface area contributed by atoms with Gasteiger partial charge in [-0.15, -0.1) is 0 Å².